The van der Waals surface area contributed by atoms with Crippen LogP contribution in [0.3, 0.4) is 0 Å². The molecule has 0 spiro atoms. The van der Waals surface area contributed by atoms with Crippen LogP contribution in [0.5, 0.6) is 5.75 Å². The molecule has 1 amide bonds. The number of para-hydroxylation sites is 1. The third-order valence-corrected chi connectivity index (χ3v) is 2.69. The number of nitrogens with two attached hydrogens (primary N) is 2. The summed E-state index contributed by atoms with van der Waals surface area (Å²) in [4.78, 5) is 10.6. The second-order valence-corrected chi connectivity index (χ2v) is 4.42. The van der Waals surface area contributed by atoms with E-state index in [0.717, 1.165) is 31.5 Å². The molecular weight excluding hydrogens is 242 g/mol. The van der Waals surface area contributed by atoms with E-state index in [4.69, 9.17) is 16.2 Å². The number of carbonyl (C=O) groups is 1. The molecule has 0 saturated carbocycles. The van der Waals surface area contributed by atoms with Crippen LogP contribution in [0.25, 0.3) is 0 Å². The lowest BCUT2D eigenvalue weighted by Crippen LogP contribution is -2.11. The van der Waals surface area contributed by atoms with Gasteiger partial charge in [-0.15, -0.1) is 0 Å². The van der Waals surface area contributed by atoms with E-state index in [1.165, 1.54) is 0 Å². The van der Waals surface area contributed by atoms with Crippen molar-refractivity contribution in [1.82, 2.24) is 0 Å². The minimum atomic E-state index is -0.255. The summed E-state index contributed by atoms with van der Waals surface area (Å²) in [5.74, 6) is 0.457. The molecule has 0 aliphatic carbocycles. The zero-order chi connectivity index (χ0) is 14.1. The van der Waals surface area contributed by atoms with Gasteiger partial charge in [0.05, 0.1) is 18.0 Å². The fraction of sp³-hybridized carbons (Fsp3) is 0.500. The highest BCUT2D eigenvalue weighted by molar-refractivity contribution is 5.74. The van der Waals surface area contributed by atoms with Crippen molar-refractivity contribution in [3.8, 4) is 5.75 Å². The van der Waals surface area contributed by atoms with Crippen molar-refractivity contribution in [2.75, 3.05) is 24.2 Å². The molecule has 0 heterocycles. The van der Waals surface area contributed by atoms with Gasteiger partial charge in [-0.25, -0.2) is 0 Å². The molecule has 19 heavy (non-hydrogen) atoms. The zero-order valence-corrected chi connectivity index (χ0v) is 11.4. The van der Waals surface area contributed by atoms with Crippen molar-refractivity contribution in [3.63, 3.8) is 0 Å². The summed E-state index contributed by atoms with van der Waals surface area (Å²) in [6, 6.07) is 5.69. The quantitative estimate of drug-likeness (QED) is 0.471. The van der Waals surface area contributed by atoms with Gasteiger partial charge >= 0.3 is 0 Å². The van der Waals surface area contributed by atoms with Gasteiger partial charge in [0, 0.05) is 13.0 Å². The van der Waals surface area contributed by atoms with Gasteiger partial charge in [-0.3, -0.25) is 4.79 Å². The summed E-state index contributed by atoms with van der Waals surface area (Å²) in [6.07, 6.45) is 3.04. The smallest absolute Gasteiger partial charge is 0.217 e. The molecule has 1 rings (SSSR count). The van der Waals surface area contributed by atoms with Gasteiger partial charge in [0.15, 0.2) is 0 Å². The molecule has 0 aliphatic heterocycles. The van der Waals surface area contributed by atoms with E-state index in [-0.39, 0.29) is 5.91 Å². The third-order valence-electron chi connectivity index (χ3n) is 2.69. The minimum absolute atomic E-state index is 0.255. The summed E-state index contributed by atoms with van der Waals surface area (Å²) >= 11 is 0. The van der Waals surface area contributed by atoms with E-state index < -0.39 is 0 Å². The normalized spacial score (nSPS) is 10.2. The van der Waals surface area contributed by atoms with E-state index in [9.17, 15) is 4.79 Å². The fourth-order valence-electron chi connectivity index (χ4n) is 1.68. The molecular formula is C14H23N3O2. The number of hydrogen-bond donors (Lipinski definition) is 3. The van der Waals surface area contributed by atoms with Gasteiger partial charge in [0.1, 0.15) is 5.75 Å². The van der Waals surface area contributed by atoms with Crippen molar-refractivity contribution < 1.29 is 9.53 Å². The zero-order valence-electron chi connectivity index (χ0n) is 11.4. The molecule has 106 valence electrons. The van der Waals surface area contributed by atoms with E-state index in [1.807, 2.05) is 18.2 Å². The van der Waals surface area contributed by atoms with Gasteiger partial charge in [-0.05, 0) is 31.4 Å². The van der Waals surface area contributed by atoms with Gasteiger partial charge < -0.3 is 21.5 Å². The molecule has 0 fully saturated rings. The van der Waals surface area contributed by atoms with Crippen LogP contribution >= 0.6 is 0 Å². The van der Waals surface area contributed by atoms with Crippen LogP contribution in [0.1, 0.15) is 32.6 Å². The summed E-state index contributed by atoms with van der Waals surface area (Å²) < 4.78 is 5.56. The second-order valence-electron chi connectivity index (χ2n) is 4.42. The number of ether oxygens (including phenoxy) is 1. The van der Waals surface area contributed by atoms with E-state index >= 15 is 0 Å². The monoisotopic (exact) mass is 265 g/mol. The molecule has 5 N–H and O–H groups in total. The number of carbonyl (C=O) groups excluding carboxylic acids is 1. The summed E-state index contributed by atoms with van der Waals surface area (Å²) in [5.41, 5.74) is 12.6. The number of anilines is 2. The molecule has 0 saturated heterocycles. The Morgan fingerprint density at radius 2 is 2.16 bits per heavy atom. The molecule has 1 aromatic rings. The molecule has 0 bridgehead atoms. The van der Waals surface area contributed by atoms with E-state index in [2.05, 4.69) is 12.2 Å². The Morgan fingerprint density at radius 3 is 2.84 bits per heavy atom. The topological polar surface area (TPSA) is 90.4 Å². The number of rotatable bonds is 9. The van der Waals surface area contributed by atoms with Crippen LogP contribution in [0.15, 0.2) is 18.2 Å². The highest BCUT2D eigenvalue weighted by atomic mass is 16.5. The molecule has 5 nitrogen and oxygen atoms in total. The van der Waals surface area contributed by atoms with Crippen LogP contribution in [-0.2, 0) is 4.79 Å². The molecule has 0 aliphatic rings. The average molecular weight is 265 g/mol. The lowest BCUT2D eigenvalue weighted by Gasteiger charge is -2.13. The number of amides is 1. The lowest BCUT2D eigenvalue weighted by molar-refractivity contribution is -0.118. The van der Waals surface area contributed by atoms with Crippen LogP contribution in [-0.4, -0.2) is 19.1 Å². The van der Waals surface area contributed by atoms with Crippen molar-refractivity contribution in [1.29, 1.82) is 0 Å². The molecule has 0 unspecified atom stereocenters. The first-order valence-electron chi connectivity index (χ1n) is 6.68. The van der Waals surface area contributed by atoms with Gasteiger partial charge in [-0.2, -0.15) is 0 Å². The largest absolute Gasteiger partial charge is 0.491 e. The van der Waals surface area contributed by atoms with Crippen LogP contribution in [0.2, 0.25) is 0 Å². The van der Waals surface area contributed by atoms with E-state index in [0.29, 0.717) is 24.5 Å². The van der Waals surface area contributed by atoms with Crippen molar-refractivity contribution in [3.05, 3.63) is 18.2 Å². The highest BCUT2D eigenvalue weighted by Crippen LogP contribution is 2.29. The number of unbranched alkanes of at least 4 members (excludes halogenated alkanes) is 1. The number of benzene rings is 1. The molecule has 5 heteroatoms. The van der Waals surface area contributed by atoms with Crippen LogP contribution in [0, 0.1) is 0 Å². The first kappa shape index (κ1) is 15.1. The third kappa shape index (κ3) is 5.50. The van der Waals surface area contributed by atoms with Crippen LogP contribution < -0.4 is 21.5 Å². The molecule has 0 radical (unpaired) electrons. The summed E-state index contributed by atoms with van der Waals surface area (Å²) in [7, 11) is 0. The van der Waals surface area contributed by atoms with Gasteiger partial charge in [-0.1, -0.05) is 13.0 Å². The average Bonchev–Trinajstić information content (AvgIpc) is 2.38. The Bertz CT molecular complexity index is 408. The first-order chi connectivity index (χ1) is 9.15. The number of primary amides is 1. The number of hydrogen-bond acceptors (Lipinski definition) is 4. The predicted octanol–water partition coefficient (Wildman–Crippen LogP) is 2.13. The molecule has 0 atom stereocenters. The Kier molecular flexibility index (Phi) is 6.57. The SMILES string of the molecule is CCCOc1cccc(NCCCCC(N)=O)c1N. The van der Waals surface area contributed by atoms with E-state index in [1.54, 1.807) is 0 Å². The maximum Gasteiger partial charge on any atom is 0.217 e. The predicted molar refractivity (Wildman–Crippen MR) is 78.2 cm³/mol. The highest BCUT2D eigenvalue weighted by Gasteiger charge is 2.05. The van der Waals surface area contributed by atoms with Crippen molar-refractivity contribution in [2.45, 2.75) is 32.6 Å². The van der Waals surface area contributed by atoms with Crippen molar-refractivity contribution >= 4 is 17.3 Å². The minimum Gasteiger partial charge on any atom is -0.491 e. The van der Waals surface area contributed by atoms with Crippen LogP contribution in [0.4, 0.5) is 11.4 Å². The standard InChI is InChI=1S/C14H23N3O2/c1-2-10-19-12-7-5-6-11(14(12)16)17-9-4-3-8-13(15)18/h5-7,17H,2-4,8-10,16H2,1H3,(H2,15,18). The maximum absolute atomic E-state index is 10.6. The first-order valence-corrected chi connectivity index (χ1v) is 6.68. The summed E-state index contributed by atoms with van der Waals surface area (Å²) in [5, 5.41) is 3.25. The molecule has 0 aromatic heterocycles. The number of nitrogens with one attached hydrogen (secondary N) is 1. The summed E-state index contributed by atoms with van der Waals surface area (Å²) in [6.45, 7) is 3.47. The van der Waals surface area contributed by atoms with Gasteiger partial charge in [0.2, 0.25) is 5.91 Å². The Labute approximate surface area is 114 Å². The molecule has 1 aromatic carbocycles. The van der Waals surface area contributed by atoms with Gasteiger partial charge in [0.25, 0.3) is 0 Å². The second kappa shape index (κ2) is 8.24. The maximum atomic E-state index is 10.6. The Balaban J connectivity index is 2.42. The Hall–Kier alpha value is -1.91. The lowest BCUT2D eigenvalue weighted by atomic mass is 10.2. The number of nitrogen functional groups attached to an aromatic ring is 1. The fourth-order valence-corrected chi connectivity index (χ4v) is 1.68. The Morgan fingerprint density at radius 1 is 1.37 bits per heavy atom. The van der Waals surface area contributed by atoms with Crippen molar-refractivity contribution in [2.24, 2.45) is 5.73 Å².